The maximum atomic E-state index is 12.2. The van der Waals surface area contributed by atoms with E-state index in [1.54, 1.807) is 6.92 Å². The van der Waals surface area contributed by atoms with Gasteiger partial charge in [0.25, 0.3) is 0 Å². The molecule has 0 bridgehead atoms. The van der Waals surface area contributed by atoms with Gasteiger partial charge in [0.15, 0.2) is 5.65 Å². The lowest BCUT2D eigenvalue weighted by Gasteiger charge is -2.09. The number of carbonyl (C=O) groups is 1. The molecule has 0 spiro atoms. The van der Waals surface area contributed by atoms with E-state index >= 15 is 0 Å². The van der Waals surface area contributed by atoms with Crippen molar-refractivity contribution in [3.05, 3.63) is 46.7 Å². The van der Waals surface area contributed by atoms with Crippen LogP contribution in [-0.4, -0.2) is 32.2 Å². The van der Waals surface area contributed by atoms with Crippen LogP contribution in [0.2, 0.25) is 5.02 Å². The Morgan fingerprint density at radius 3 is 2.48 bits per heavy atom. The van der Waals surface area contributed by atoms with Crippen molar-refractivity contribution in [3.63, 3.8) is 0 Å². The van der Waals surface area contributed by atoms with Gasteiger partial charge in [-0.2, -0.15) is 5.10 Å². The number of benzene rings is 1. The van der Waals surface area contributed by atoms with E-state index in [1.807, 2.05) is 0 Å². The molecule has 0 fully saturated rings. The number of aromatic nitrogens is 3. The molecule has 3 rings (SSSR count). The average molecular weight is 372 g/mol. The van der Waals surface area contributed by atoms with Crippen LogP contribution in [0.4, 0.5) is 13.2 Å². The summed E-state index contributed by atoms with van der Waals surface area (Å²) in [5.41, 5.74) is 0.980. The van der Waals surface area contributed by atoms with Crippen molar-refractivity contribution in [3.8, 4) is 11.4 Å². The van der Waals surface area contributed by atoms with Crippen molar-refractivity contribution in [2.24, 2.45) is 0 Å². The van der Waals surface area contributed by atoms with Crippen LogP contribution in [0.3, 0.4) is 0 Å². The molecule has 2 heterocycles. The first-order chi connectivity index (χ1) is 11.7. The second-order valence-electron chi connectivity index (χ2n) is 5.03. The molecule has 1 N–H and O–H groups in total. The number of aromatic carboxylic acids is 1. The highest BCUT2D eigenvalue weighted by atomic mass is 35.5. The van der Waals surface area contributed by atoms with E-state index in [2.05, 4.69) is 14.8 Å². The average Bonchev–Trinajstić information content (AvgIpc) is 2.84. The molecule has 0 saturated heterocycles. The molecule has 0 radical (unpaired) electrons. The molecule has 130 valence electrons. The van der Waals surface area contributed by atoms with Gasteiger partial charge < -0.3 is 9.84 Å². The van der Waals surface area contributed by atoms with Crippen LogP contribution in [0.25, 0.3) is 16.7 Å². The molecule has 25 heavy (non-hydrogen) atoms. The monoisotopic (exact) mass is 371 g/mol. The maximum Gasteiger partial charge on any atom is 0.573 e. The van der Waals surface area contributed by atoms with Gasteiger partial charge in [0, 0.05) is 6.20 Å². The molecular weight excluding hydrogens is 363 g/mol. The number of halogens is 4. The molecule has 0 atom stereocenters. The molecule has 0 aliphatic heterocycles. The molecule has 0 saturated carbocycles. The highest BCUT2D eigenvalue weighted by Gasteiger charge is 2.31. The number of rotatable bonds is 3. The zero-order valence-corrected chi connectivity index (χ0v) is 13.3. The number of aryl methyl sites for hydroxylation is 1. The molecule has 2 aromatic heterocycles. The van der Waals surface area contributed by atoms with Crippen molar-refractivity contribution in [2.75, 3.05) is 0 Å². The Hall–Kier alpha value is -2.81. The Kier molecular flexibility index (Phi) is 4.03. The third-order valence-electron chi connectivity index (χ3n) is 3.35. The lowest BCUT2D eigenvalue weighted by Crippen LogP contribution is -2.17. The predicted molar refractivity (Wildman–Crippen MR) is 82.3 cm³/mol. The Morgan fingerprint density at radius 1 is 1.28 bits per heavy atom. The van der Waals surface area contributed by atoms with Gasteiger partial charge in [-0.1, -0.05) is 11.6 Å². The molecule has 0 unspecified atom stereocenters. The quantitative estimate of drug-likeness (QED) is 0.753. The number of hydrogen-bond acceptors (Lipinski definition) is 4. The van der Waals surface area contributed by atoms with E-state index in [-0.39, 0.29) is 22.0 Å². The van der Waals surface area contributed by atoms with E-state index in [0.29, 0.717) is 16.8 Å². The number of carboxylic acid groups (broad SMARTS) is 1. The van der Waals surface area contributed by atoms with Crippen LogP contribution >= 0.6 is 11.6 Å². The van der Waals surface area contributed by atoms with Gasteiger partial charge in [-0.05, 0) is 31.2 Å². The van der Waals surface area contributed by atoms with Gasteiger partial charge in [0.05, 0.1) is 27.4 Å². The standard InChI is InChI=1S/C15H9ClF3N3O3/c1-7-11-12(16)10(14(23)24)6-20-13(11)22(21-7)8-2-4-9(5-3-8)25-15(17,18)19/h2-6H,1H3,(H,23,24). The van der Waals surface area contributed by atoms with Gasteiger partial charge in [-0.15, -0.1) is 13.2 Å². The molecular formula is C15H9ClF3N3O3. The molecule has 3 aromatic rings. The summed E-state index contributed by atoms with van der Waals surface area (Å²) in [5.74, 6) is -1.59. The molecule has 1 aromatic carbocycles. The topological polar surface area (TPSA) is 77.2 Å². The summed E-state index contributed by atoms with van der Waals surface area (Å²) in [6.07, 6.45) is -3.68. The molecule has 10 heteroatoms. The summed E-state index contributed by atoms with van der Waals surface area (Å²) < 4.78 is 41.8. The van der Waals surface area contributed by atoms with Gasteiger partial charge in [0.1, 0.15) is 5.75 Å². The number of nitrogens with zero attached hydrogens (tertiary/aromatic N) is 3. The second-order valence-corrected chi connectivity index (χ2v) is 5.41. The van der Waals surface area contributed by atoms with Crippen LogP contribution in [0.15, 0.2) is 30.5 Å². The van der Waals surface area contributed by atoms with E-state index in [0.717, 1.165) is 18.3 Å². The SMILES string of the molecule is Cc1nn(-c2ccc(OC(F)(F)F)cc2)c2ncc(C(=O)O)c(Cl)c12. The van der Waals surface area contributed by atoms with E-state index < -0.39 is 12.3 Å². The first kappa shape index (κ1) is 17.0. The largest absolute Gasteiger partial charge is 0.573 e. The minimum Gasteiger partial charge on any atom is -0.478 e. The van der Waals surface area contributed by atoms with Crippen molar-refractivity contribution in [1.82, 2.24) is 14.8 Å². The summed E-state index contributed by atoms with van der Waals surface area (Å²) in [7, 11) is 0. The Balaban J connectivity index is 2.08. The van der Waals surface area contributed by atoms with Gasteiger partial charge in [-0.25, -0.2) is 14.5 Å². The number of alkyl halides is 3. The van der Waals surface area contributed by atoms with Crippen molar-refractivity contribution in [1.29, 1.82) is 0 Å². The van der Waals surface area contributed by atoms with Crippen molar-refractivity contribution in [2.45, 2.75) is 13.3 Å². The second kappa shape index (κ2) is 5.92. The Morgan fingerprint density at radius 2 is 1.92 bits per heavy atom. The third-order valence-corrected chi connectivity index (χ3v) is 3.75. The maximum absolute atomic E-state index is 12.2. The summed E-state index contributed by atoms with van der Waals surface area (Å²) >= 11 is 6.12. The summed E-state index contributed by atoms with van der Waals surface area (Å²) in [6, 6.07) is 5.01. The van der Waals surface area contributed by atoms with Crippen LogP contribution in [-0.2, 0) is 0 Å². The summed E-state index contributed by atoms with van der Waals surface area (Å²) in [4.78, 5) is 15.2. The fourth-order valence-corrected chi connectivity index (χ4v) is 2.68. The van der Waals surface area contributed by atoms with Crippen LogP contribution in [0.1, 0.15) is 16.1 Å². The first-order valence-electron chi connectivity index (χ1n) is 6.80. The first-order valence-corrected chi connectivity index (χ1v) is 7.18. The lowest BCUT2D eigenvalue weighted by molar-refractivity contribution is -0.274. The number of ether oxygens (including phenoxy) is 1. The fourth-order valence-electron chi connectivity index (χ4n) is 2.33. The van der Waals surface area contributed by atoms with Crippen molar-refractivity contribution >= 4 is 28.6 Å². The van der Waals surface area contributed by atoms with E-state index in [1.165, 1.54) is 16.8 Å². The normalized spacial score (nSPS) is 11.7. The van der Waals surface area contributed by atoms with Gasteiger partial charge >= 0.3 is 12.3 Å². The third kappa shape index (κ3) is 3.22. The summed E-state index contributed by atoms with van der Waals surface area (Å²) in [5, 5.41) is 13.7. The fraction of sp³-hybridized carbons (Fsp3) is 0.133. The molecule has 0 aliphatic rings. The minimum absolute atomic E-state index is 0.00160. The highest BCUT2D eigenvalue weighted by Crippen LogP contribution is 2.30. The number of carboxylic acids is 1. The zero-order valence-electron chi connectivity index (χ0n) is 12.5. The van der Waals surface area contributed by atoms with Crippen LogP contribution < -0.4 is 4.74 Å². The summed E-state index contributed by atoms with van der Waals surface area (Å²) in [6.45, 7) is 1.62. The van der Waals surface area contributed by atoms with Crippen molar-refractivity contribution < 1.29 is 27.8 Å². The van der Waals surface area contributed by atoms with Crippen LogP contribution in [0.5, 0.6) is 5.75 Å². The van der Waals surface area contributed by atoms with Gasteiger partial charge in [0.2, 0.25) is 0 Å². The zero-order chi connectivity index (χ0) is 18.4. The lowest BCUT2D eigenvalue weighted by atomic mass is 10.2. The Bertz CT molecular complexity index is 968. The molecule has 6 nitrogen and oxygen atoms in total. The predicted octanol–water partition coefficient (Wildman–Crippen LogP) is 3.98. The molecule has 0 amide bonds. The number of fused-ring (bicyclic) bond motifs is 1. The molecule has 0 aliphatic carbocycles. The Labute approximate surface area is 143 Å². The van der Waals surface area contributed by atoms with E-state index in [4.69, 9.17) is 16.7 Å². The van der Waals surface area contributed by atoms with Gasteiger partial charge in [-0.3, -0.25) is 0 Å². The number of hydrogen-bond donors (Lipinski definition) is 1. The van der Waals surface area contributed by atoms with Crippen LogP contribution in [0, 0.1) is 6.92 Å². The minimum atomic E-state index is -4.78. The van der Waals surface area contributed by atoms with E-state index in [9.17, 15) is 18.0 Å². The smallest absolute Gasteiger partial charge is 0.478 e. The highest BCUT2D eigenvalue weighted by molar-refractivity contribution is 6.38. The number of pyridine rings is 1.